The van der Waals surface area contributed by atoms with Gasteiger partial charge in [0.25, 0.3) is 0 Å². The molecule has 0 heterocycles. The van der Waals surface area contributed by atoms with Crippen LogP contribution in [0.2, 0.25) is 39.3 Å². The average molecular weight is 426 g/mol. The third kappa shape index (κ3) is 150. The van der Waals surface area contributed by atoms with Crippen molar-refractivity contribution in [2.75, 3.05) is 0 Å². The zero-order chi connectivity index (χ0) is 10.7. The van der Waals surface area contributed by atoms with E-state index >= 15 is 0 Å². The van der Waals surface area contributed by atoms with E-state index in [1.54, 1.807) is 0 Å². The Hall–Kier alpha value is 1.11. The normalized spacial score (nSPS) is 8.42. The van der Waals surface area contributed by atoms with Gasteiger partial charge in [0.05, 0.1) is 0 Å². The van der Waals surface area contributed by atoms with E-state index in [-0.39, 0.29) is 90.3 Å². The van der Waals surface area contributed by atoms with Crippen LogP contribution in [0.3, 0.4) is 0 Å². The zero-order valence-electron chi connectivity index (χ0n) is 15.5. The van der Waals surface area contributed by atoms with E-state index in [1.165, 1.54) is 0 Å². The first-order chi connectivity index (χ1) is 5.96. The molecule has 0 aromatic carbocycles. The predicted octanol–water partition coefficient (Wildman–Crippen LogP) is 6.30. The quantitative estimate of drug-likeness (QED) is 0.316. The van der Waals surface area contributed by atoms with Crippen molar-refractivity contribution < 1.29 is 35.6 Å². The second-order valence-electron chi connectivity index (χ2n) is 4.00. The molecular formula is C16H38LaSi2-6. The van der Waals surface area contributed by atoms with Crippen molar-refractivity contribution in [2.24, 2.45) is 0 Å². The summed E-state index contributed by atoms with van der Waals surface area (Å²) in [6.45, 7) is 13.6. The summed E-state index contributed by atoms with van der Waals surface area (Å²) in [7, 11) is 0.241. The largest absolute Gasteiger partial charge is 0.358 e. The van der Waals surface area contributed by atoms with E-state index in [0.717, 1.165) is 6.42 Å². The molecule has 0 bridgehead atoms. The van der Waals surface area contributed by atoms with Gasteiger partial charge in [-0.25, -0.2) is 12.2 Å². The Balaban J connectivity index is -0.0000000139. The van der Waals surface area contributed by atoms with Gasteiger partial charge in [0.2, 0.25) is 0 Å². The van der Waals surface area contributed by atoms with E-state index in [1.807, 2.05) is 12.2 Å². The third-order valence-electron chi connectivity index (χ3n) is 0.586. The minimum absolute atomic E-state index is 0. The second kappa shape index (κ2) is 42.7. The maximum absolute atomic E-state index is 2.99. The molecule has 0 amide bonds. The van der Waals surface area contributed by atoms with Crippen LogP contribution < -0.4 is 0 Å². The maximum atomic E-state index is 2.99. The van der Waals surface area contributed by atoms with Crippen LogP contribution in [-0.2, 0) is 0 Å². The number of hydrogen-bond acceptors (Lipinski definition) is 0. The summed E-state index contributed by atoms with van der Waals surface area (Å²) in [4.78, 5) is 0. The molecule has 3 heteroatoms. The van der Waals surface area contributed by atoms with Crippen molar-refractivity contribution in [1.82, 2.24) is 0 Å². The molecule has 3 radical (unpaired) electrons. The first-order valence-electron chi connectivity index (χ1n) is 4.72. The number of allylic oxidation sites excluding steroid dienone is 4. The molecule has 0 N–H and O–H groups in total. The molecule has 0 saturated carbocycles. The molecule has 0 aromatic heterocycles. The van der Waals surface area contributed by atoms with E-state index in [9.17, 15) is 0 Å². The van der Waals surface area contributed by atoms with E-state index in [4.69, 9.17) is 0 Å². The smallest absolute Gasteiger partial charge is 0.0379 e. The Morgan fingerprint density at radius 1 is 0.737 bits per heavy atom. The minimum atomic E-state index is 0. The summed E-state index contributed by atoms with van der Waals surface area (Å²) in [6.07, 6.45) is 10.0. The van der Waals surface area contributed by atoms with E-state index in [0.29, 0.717) is 0 Å². The summed E-state index contributed by atoms with van der Waals surface area (Å²) in [6, 6.07) is 0. The molecule has 0 spiro atoms. The third-order valence-corrected chi connectivity index (χ3v) is 0.586. The summed E-state index contributed by atoms with van der Waals surface area (Å²) in [5.74, 6) is 0. The Kier molecular flexibility index (Phi) is 113. The van der Waals surface area contributed by atoms with Crippen LogP contribution in [0.15, 0.2) is 18.2 Å². The predicted molar refractivity (Wildman–Crippen MR) is 100 cm³/mol. The Labute approximate surface area is 159 Å². The molecule has 0 nitrogen and oxygen atoms in total. The van der Waals surface area contributed by atoms with Crippen molar-refractivity contribution in [3.63, 3.8) is 0 Å². The van der Waals surface area contributed by atoms with Crippen molar-refractivity contribution in [1.29, 1.82) is 0 Å². The molecule has 0 atom stereocenters. The van der Waals surface area contributed by atoms with Gasteiger partial charge in [-0.05, 0) is 0 Å². The van der Waals surface area contributed by atoms with Crippen molar-refractivity contribution in [2.45, 2.75) is 45.7 Å². The molecule has 119 valence electrons. The van der Waals surface area contributed by atoms with Gasteiger partial charge in [0.15, 0.2) is 0 Å². The van der Waals surface area contributed by atoms with Gasteiger partial charge >= 0.3 is 0 Å². The minimum Gasteiger partial charge on any atom is -0.358 e. The van der Waals surface area contributed by atoms with Crippen LogP contribution in [0.25, 0.3) is 0 Å². The average Bonchev–Trinajstić information content (AvgIpc) is 2.35. The fraction of sp³-hybridized carbons (Fsp3) is 0.438. The molecule has 1 rings (SSSR count). The Bertz CT molecular complexity index is 120. The first-order valence-corrected chi connectivity index (χ1v) is 10.7. The standard InChI is InChI=1S/C5H5.2C3H9Si.5CH3.La/c1-2-4-5-3-1;2*1-4(2)3;;;;;;/h1-3H,4H2;2*1-3H3;5*1H3;/q-1;;;5*-1;. The van der Waals surface area contributed by atoms with Gasteiger partial charge in [-0.1, -0.05) is 39.3 Å². The van der Waals surface area contributed by atoms with E-state index < -0.39 is 0 Å². The summed E-state index contributed by atoms with van der Waals surface area (Å²) < 4.78 is 0. The fourth-order valence-electron chi connectivity index (χ4n) is 0.340. The molecular weight excluding hydrogens is 387 g/mol. The Morgan fingerprint density at radius 2 is 1.00 bits per heavy atom. The van der Waals surface area contributed by atoms with E-state index in [2.05, 4.69) is 51.4 Å². The molecule has 0 unspecified atom stereocenters. The van der Waals surface area contributed by atoms with Gasteiger partial charge in [0.1, 0.15) is 0 Å². The maximum Gasteiger partial charge on any atom is 0.0379 e. The van der Waals surface area contributed by atoms with Gasteiger partial charge in [-0.15, -0.1) is 6.42 Å². The van der Waals surface area contributed by atoms with Gasteiger partial charge < -0.3 is 37.1 Å². The first kappa shape index (κ1) is 50.1. The van der Waals surface area contributed by atoms with Gasteiger partial charge in [-0.3, -0.25) is 6.08 Å². The molecule has 1 aliphatic carbocycles. The monoisotopic (exact) mass is 425 g/mol. The van der Waals surface area contributed by atoms with Gasteiger partial charge in [0, 0.05) is 53.2 Å². The molecule has 0 aliphatic heterocycles. The molecule has 0 aromatic rings. The summed E-state index contributed by atoms with van der Waals surface area (Å²) in [5, 5.41) is 0. The van der Waals surface area contributed by atoms with Crippen molar-refractivity contribution in [3.8, 4) is 0 Å². The van der Waals surface area contributed by atoms with Crippen LogP contribution in [0.1, 0.15) is 6.42 Å². The number of rotatable bonds is 0. The van der Waals surface area contributed by atoms with Crippen LogP contribution in [0, 0.1) is 78.8 Å². The van der Waals surface area contributed by atoms with Crippen LogP contribution in [-0.4, -0.2) is 17.6 Å². The van der Waals surface area contributed by atoms with Crippen LogP contribution in [0.5, 0.6) is 0 Å². The summed E-state index contributed by atoms with van der Waals surface area (Å²) >= 11 is 0. The summed E-state index contributed by atoms with van der Waals surface area (Å²) in [5.41, 5.74) is 0. The Morgan fingerprint density at radius 3 is 1.05 bits per heavy atom. The number of hydrogen-bond donors (Lipinski definition) is 0. The topological polar surface area (TPSA) is 0 Å². The molecule has 0 fully saturated rings. The molecule has 19 heavy (non-hydrogen) atoms. The van der Waals surface area contributed by atoms with Crippen molar-refractivity contribution >= 4 is 17.6 Å². The van der Waals surface area contributed by atoms with Crippen molar-refractivity contribution in [3.05, 3.63) is 61.4 Å². The molecule has 0 saturated heterocycles. The fourth-order valence-corrected chi connectivity index (χ4v) is 0.340. The SMILES string of the molecule is C[Si](C)C.C[Si](C)C.[C-]1=CC=CC1.[CH3-].[CH3-].[CH3-].[CH3-].[CH3-].[La]. The zero-order valence-corrected chi connectivity index (χ0v) is 21.1. The van der Waals surface area contributed by atoms with Gasteiger partial charge in [-0.2, -0.15) is 6.08 Å². The molecule has 1 aliphatic rings. The van der Waals surface area contributed by atoms with Crippen LogP contribution >= 0.6 is 0 Å². The second-order valence-corrected chi connectivity index (χ2v) is 10.0. The van der Waals surface area contributed by atoms with Crippen LogP contribution in [0.4, 0.5) is 0 Å².